The van der Waals surface area contributed by atoms with Gasteiger partial charge < -0.3 is 24.4 Å². The van der Waals surface area contributed by atoms with Gasteiger partial charge in [-0.25, -0.2) is 0 Å². The summed E-state index contributed by atoms with van der Waals surface area (Å²) in [6, 6.07) is -1.51. The molecule has 0 aromatic carbocycles. The summed E-state index contributed by atoms with van der Waals surface area (Å²) in [6.07, 6.45) is 3.09. The van der Waals surface area contributed by atoms with E-state index in [1.807, 2.05) is 27.7 Å². The first kappa shape index (κ1) is 28.6. The second kappa shape index (κ2) is 10.1. The quantitative estimate of drug-likeness (QED) is 0.361. The van der Waals surface area contributed by atoms with Crippen molar-refractivity contribution < 1.29 is 29.0 Å². The molecule has 0 aromatic rings. The van der Waals surface area contributed by atoms with Crippen LogP contribution in [0.1, 0.15) is 74.7 Å². The Bertz CT molecular complexity index is 878. The zero-order valence-corrected chi connectivity index (χ0v) is 23.4. The molecule has 3 saturated heterocycles. The number of ether oxygens (including phenoxy) is 2. The average molecular weight is 507 g/mol. The average Bonchev–Trinajstić information content (AvgIpc) is 3.38. The molecule has 3 heterocycles. The molecule has 0 radical (unpaired) electrons. The lowest BCUT2D eigenvalue weighted by molar-refractivity contribution is -0.158. The fraction of sp³-hybridized carbons (Fsp3) is 0.821. The molecule has 3 fully saturated rings. The highest BCUT2D eigenvalue weighted by molar-refractivity contribution is 5.98. The Kier molecular flexibility index (Phi) is 8.02. The fourth-order valence-corrected chi connectivity index (χ4v) is 7.16. The van der Waals surface area contributed by atoms with Gasteiger partial charge in [0.25, 0.3) is 0 Å². The van der Waals surface area contributed by atoms with E-state index < -0.39 is 47.1 Å². The minimum absolute atomic E-state index is 0.0436. The lowest BCUT2D eigenvalue weighted by Crippen LogP contribution is -2.63. The van der Waals surface area contributed by atoms with Crippen molar-refractivity contribution in [2.24, 2.45) is 23.2 Å². The minimum atomic E-state index is -1.12. The predicted octanol–water partition coefficient (Wildman–Crippen LogP) is 3.17. The summed E-state index contributed by atoms with van der Waals surface area (Å²) in [5.41, 5.74) is -1.69. The summed E-state index contributed by atoms with van der Waals surface area (Å²) in [4.78, 5) is 45.1. The van der Waals surface area contributed by atoms with E-state index in [2.05, 4.69) is 27.4 Å². The topological polar surface area (TPSA) is 96.4 Å². The number of aliphatic hydroxyl groups is 1. The predicted molar refractivity (Wildman–Crippen MR) is 137 cm³/mol. The number of fused-ring (bicyclic) bond motifs is 1. The van der Waals surface area contributed by atoms with E-state index in [1.165, 1.54) is 0 Å². The van der Waals surface area contributed by atoms with Crippen molar-refractivity contribution in [1.29, 1.82) is 0 Å². The first-order valence-electron chi connectivity index (χ1n) is 13.4. The highest BCUT2D eigenvalue weighted by Crippen LogP contribution is 2.59. The van der Waals surface area contributed by atoms with Crippen LogP contribution in [0, 0.1) is 23.2 Å². The number of rotatable bonds is 10. The Morgan fingerprint density at radius 2 is 1.94 bits per heavy atom. The molecule has 3 aliphatic rings. The van der Waals surface area contributed by atoms with Crippen LogP contribution < -0.4 is 0 Å². The number of hydrogen-bond acceptors (Lipinski definition) is 6. The van der Waals surface area contributed by atoms with Crippen LogP contribution in [-0.2, 0) is 23.9 Å². The van der Waals surface area contributed by atoms with Crippen molar-refractivity contribution in [2.75, 3.05) is 19.8 Å². The maximum Gasteiger partial charge on any atom is 0.312 e. The van der Waals surface area contributed by atoms with E-state index in [4.69, 9.17) is 9.47 Å². The number of aliphatic hydroxyl groups excluding tert-OH is 1. The molecule has 8 heteroatoms. The summed E-state index contributed by atoms with van der Waals surface area (Å²) < 4.78 is 11.8. The standard InChI is InChI=1S/C28H46N2O6/c1-10-14-29(27(8,9)16-26(5,6)7)24(33)22-28-13-12-19(36-28)20(25(34)35-11-2)21(28)23(32)30(22)18(15-31)17(3)4/h10,17-22,31H,1,11-16H2,2-9H3/t18-,19-,20+,21+,22-,28+/m0/s1. The highest BCUT2D eigenvalue weighted by Gasteiger charge is 2.76. The third-order valence-electron chi connectivity index (χ3n) is 8.12. The molecule has 8 nitrogen and oxygen atoms in total. The van der Waals surface area contributed by atoms with Crippen LogP contribution in [0.4, 0.5) is 0 Å². The van der Waals surface area contributed by atoms with Gasteiger partial charge in [0.05, 0.1) is 37.2 Å². The van der Waals surface area contributed by atoms with Crippen molar-refractivity contribution in [3.05, 3.63) is 12.7 Å². The van der Waals surface area contributed by atoms with Crippen LogP contribution in [0.5, 0.6) is 0 Å². The second-order valence-electron chi connectivity index (χ2n) is 12.8. The Hall–Kier alpha value is -1.93. The third kappa shape index (κ3) is 4.71. The summed E-state index contributed by atoms with van der Waals surface area (Å²) in [5, 5.41) is 10.4. The molecule has 2 amide bonds. The van der Waals surface area contributed by atoms with Crippen molar-refractivity contribution in [3.8, 4) is 0 Å². The van der Waals surface area contributed by atoms with Gasteiger partial charge in [-0.05, 0) is 51.4 Å². The monoisotopic (exact) mass is 506 g/mol. The molecule has 3 aliphatic heterocycles. The number of likely N-dealkylation sites (tertiary alicyclic amines) is 1. The maximum absolute atomic E-state index is 14.6. The number of carbonyl (C=O) groups excluding carboxylic acids is 3. The molecule has 0 aliphatic carbocycles. The molecule has 2 bridgehead atoms. The summed E-state index contributed by atoms with van der Waals surface area (Å²) in [5.74, 6) is -2.60. The third-order valence-corrected chi connectivity index (χ3v) is 8.12. The van der Waals surface area contributed by atoms with E-state index in [1.54, 1.807) is 22.8 Å². The van der Waals surface area contributed by atoms with Crippen LogP contribution in [0.25, 0.3) is 0 Å². The molecule has 1 N–H and O–H groups in total. The summed E-state index contributed by atoms with van der Waals surface area (Å²) in [6.45, 7) is 20.2. The van der Waals surface area contributed by atoms with Gasteiger partial charge in [0, 0.05) is 12.1 Å². The molecule has 3 rings (SSSR count). The number of esters is 1. The maximum atomic E-state index is 14.6. The van der Waals surface area contributed by atoms with Crippen molar-refractivity contribution >= 4 is 17.8 Å². The van der Waals surface area contributed by atoms with E-state index >= 15 is 0 Å². The van der Waals surface area contributed by atoms with Gasteiger partial charge in [-0.15, -0.1) is 6.58 Å². The van der Waals surface area contributed by atoms with Gasteiger partial charge in [-0.2, -0.15) is 0 Å². The van der Waals surface area contributed by atoms with Crippen LogP contribution in [0.2, 0.25) is 0 Å². The molecule has 36 heavy (non-hydrogen) atoms. The van der Waals surface area contributed by atoms with Crippen LogP contribution in [0.15, 0.2) is 12.7 Å². The molecule has 0 aromatic heterocycles. The zero-order valence-electron chi connectivity index (χ0n) is 23.4. The fourth-order valence-electron chi connectivity index (χ4n) is 7.16. The largest absolute Gasteiger partial charge is 0.466 e. The van der Waals surface area contributed by atoms with Gasteiger partial charge >= 0.3 is 5.97 Å². The Morgan fingerprint density at radius 3 is 2.44 bits per heavy atom. The van der Waals surface area contributed by atoms with Gasteiger partial charge in [0.2, 0.25) is 11.8 Å². The van der Waals surface area contributed by atoms with Gasteiger partial charge in [0.15, 0.2) is 0 Å². The molecule has 1 spiro atoms. The summed E-state index contributed by atoms with van der Waals surface area (Å²) in [7, 11) is 0. The van der Waals surface area contributed by atoms with E-state index in [9.17, 15) is 19.5 Å². The molecule has 0 unspecified atom stereocenters. The van der Waals surface area contributed by atoms with Gasteiger partial charge in [-0.3, -0.25) is 14.4 Å². The highest BCUT2D eigenvalue weighted by atomic mass is 16.6. The number of hydrogen-bond donors (Lipinski definition) is 1. The Morgan fingerprint density at radius 1 is 1.31 bits per heavy atom. The Labute approximate surface area is 216 Å². The number of nitrogens with zero attached hydrogens (tertiary/aromatic N) is 2. The van der Waals surface area contributed by atoms with Crippen molar-refractivity contribution in [1.82, 2.24) is 9.80 Å². The van der Waals surface area contributed by atoms with Crippen molar-refractivity contribution in [3.63, 3.8) is 0 Å². The molecular formula is C28H46N2O6. The Balaban J connectivity index is 2.14. The van der Waals surface area contributed by atoms with E-state index in [-0.39, 0.29) is 36.4 Å². The molecule has 204 valence electrons. The van der Waals surface area contributed by atoms with Gasteiger partial charge in [-0.1, -0.05) is 40.7 Å². The van der Waals surface area contributed by atoms with Crippen LogP contribution in [0.3, 0.4) is 0 Å². The van der Waals surface area contributed by atoms with Crippen molar-refractivity contribution in [2.45, 2.75) is 104 Å². The first-order valence-corrected chi connectivity index (χ1v) is 13.4. The normalized spacial score (nSPS) is 30.5. The molecule has 0 saturated carbocycles. The van der Waals surface area contributed by atoms with Crippen LogP contribution in [-0.4, -0.2) is 81.8 Å². The smallest absolute Gasteiger partial charge is 0.312 e. The number of carbonyl (C=O) groups is 3. The van der Waals surface area contributed by atoms with E-state index in [0.717, 1.165) is 6.42 Å². The van der Waals surface area contributed by atoms with Crippen LogP contribution >= 0.6 is 0 Å². The van der Waals surface area contributed by atoms with E-state index in [0.29, 0.717) is 19.4 Å². The lowest BCUT2D eigenvalue weighted by Gasteiger charge is -2.46. The lowest BCUT2D eigenvalue weighted by atomic mass is 9.70. The zero-order chi connectivity index (χ0) is 27.2. The molecular weight excluding hydrogens is 460 g/mol. The van der Waals surface area contributed by atoms with Gasteiger partial charge in [0.1, 0.15) is 11.6 Å². The number of amides is 2. The molecule has 6 atom stereocenters. The second-order valence-corrected chi connectivity index (χ2v) is 12.8. The minimum Gasteiger partial charge on any atom is -0.466 e. The summed E-state index contributed by atoms with van der Waals surface area (Å²) >= 11 is 0. The SMILES string of the molecule is C=CCN(C(=O)[C@@H]1N([C@@H](CO)C(C)C)C(=O)[C@H]2[C@H](C(=O)OCC)[C@@H]3CC[C@]12O3)C(C)(C)CC(C)(C)C. The first-order chi connectivity index (χ1) is 16.7.